The fraction of sp³-hybridized carbons (Fsp3) is 0.611. The molecule has 1 heterocycles. The van der Waals surface area contributed by atoms with Gasteiger partial charge < -0.3 is 10.6 Å². The second kappa shape index (κ2) is 7.98. The molecule has 0 saturated carbocycles. The number of likely N-dealkylation sites (N-methyl/N-ethyl adjacent to an activating group) is 1. The standard InChI is InChI=1S/C18H26N4O2S/c1-18(2,3)21-16(24)11-22(4)10-15(23)20-17-13(9-19)12-7-5-6-8-14(12)25-17/h5-8,10-11H2,1-4H3,(H,20,23)(H,21,24). The van der Waals surface area contributed by atoms with Gasteiger partial charge in [0.15, 0.2) is 0 Å². The van der Waals surface area contributed by atoms with E-state index in [1.807, 2.05) is 20.8 Å². The second-order valence-electron chi connectivity index (χ2n) is 7.55. The first-order valence-electron chi connectivity index (χ1n) is 8.53. The Kier molecular flexibility index (Phi) is 6.20. The number of aryl methyl sites for hydroxylation is 1. The maximum absolute atomic E-state index is 12.3. The number of carbonyl (C=O) groups excluding carboxylic acids is 2. The van der Waals surface area contributed by atoms with Crippen molar-refractivity contribution in [3.05, 3.63) is 16.0 Å². The van der Waals surface area contributed by atoms with Gasteiger partial charge in [-0.2, -0.15) is 5.26 Å². The van der Waals surface area contributed by atoms with E-state index >= 15 is 0 Å². The van der Waals surface area contributed by atoms with Crippen LogP contribution in [0.1, 0.15) is 49.6 Å². The number of carbonyl (C=O) groups is 2. The zero-order valence-electron chi connectivity index (χ0n) is 15.4. The lowest BCUT2D eigenvalue weighted by molar-refractivity contribution is -0.124. The summed E-state index contributed by atoms with van der Waals surface area (Å²) in [7, 11) is 1.73. The highest BCUT2D eigenvalue weighted by molar-refractivity contribution is 7.16. The minimum Gasteiger partial charge on any atom is -0.350 e. The van der Waals surface area contributed by atoms with Gasteiger partial charge in [0.2, 0.25) is 11.8 Å². The van der Waals surface area contributed by atoms with Gasteiger partial charge in [0.25, 0.3) is 0 Å². The number of anilines is 1. The minimum absolute atomic E-state index is 0.102. The Labute approximate surface area is 153 Å². The Morgan fingerprint density at radius 1 is 1.20 bits per heavy atom. The molecular weight excluding hydrogens is 336 g/mol. The fourth-order valence-electron chi connectivity index (χ4n) is 2.94. The molecule has 136 valence electrons. The third kappa shape index (κ3) is 5.55. The van der Waals surface area contributed by atoms with Crippen molar-refractivity contribution in [1.82, 2.24) is 10.2 Å². The van der Waals surface area contributed by atoms with Gasteiger partial charge in [-0.3, -0.25) is 14.5 Å². The summed E-state index contributed by atoms with van der Waals surface area (Å²) in [6, 6.07) is 2.24. The average molecular weight is 362 g/mol. The molecule has 25 heavy (non-hydrogen) atoms. The molecular formula is C18H26N4O2S. The van der Waals surface area contributed by atoms with Gasteiger partial charge >= 0.3 is 0 Å². The van der Waals surface area contributed by atoms with Gasteiger partial charge in [-0.25, -0.2) is 0 Å². The Morgan fingerprint density at radius 3 is 2.48 bits per heavy atom. The van der Waals surface area contributed by atoms with Crippen molar-refractivity contribution in [3.8, 4) is 6.07 Å². The van der Waals surface area contributed by atoms with Crippen LogP contribution in [0.5, 0.6) is 0 Å². The highest BCUT2D eigenvalue weighted by Gasteiger charge is 2.22. The SMILES string of the molecule is CN(CC(=O)Nc1sc2c(c1C#N)CCCC2)CC(=O)NC(C)(C)C. The topological polar surface area (TPSA) is 85.2 Å². The highest BCUT2D eigenvalue weighted by Crippen LogP contribution is 2.37. The number of hydrogen-bond donors (Lipinski definition) is 2. The molecule has 2 N–H and O–H groups in total. The third-order valence-electron chi connectivity index (χ3n) is 3.88. The average Bonchev–Trinajstić information content (AvgIpc) is 2.81. The van der Waals surface area contributed by atoms with Gasteiger partial charge in [0, 0.05) is 10.4 Å². The summed E-state index contributed by atoms with van der Waals surface area (Å²) >= 11 is 1.51. The van der Waals surface area contributed by atoms with Crippen LogP contribution in [-0.4, -0.2) is 42.4 Å². The van der Waals surface area contributed by atoms with Crippen LogP contribution < -0.4 is 10.6 Å². The van der Waals surface area contributed by atoms with E-state index in [0.29, 0.717) is 10.6 Å². The molecule has 2 amide bonds. The van der Waals surface area contributed by atoms with Crippen molar-refractivity contribution in [2.24, 2.45) is 0 Å². The van der Waals surface area contributed by atoms with E-state index in [1.54, 1.807) is 11.9 Å². The molecule has 1 aliphatic carbocycles. The lowest BCUT2D eigenvalue weighted by atomic mass is 9.96. The number of amides is 2. The Morgan fingerprint density at radius 2 is 1.84 bits per heavy atom. The van der Waals surface area contributed by atoms with Crippen molar-refractivity contribution in [3.63, 3.8) is 0 Å². The molecule has 0 spiro atoms. The molecule has 6 nitrogen and oxygen atoms in total. The molecule has 0 bridgehead atoms. The van der Waals surface area contributed by atoms with Crippen molar-refractivity contribution >= 4 is 28.2 Å². The van der Waals surface area contributed by atoms with Gasteiger partial charge in [-0.05, 0) is 59.1 Å². The van der Waals surface area contributed by atoms with Crippen molar-refractivity contribution in [2.45, 2.75) is 52.0 Å². The monoisotopic (exact) mass is 362 g/mol. The van der Waals surface area contributed by atoms with E-state index in [9.17, 15) is 14.9 Å². The molecule has 0 saturated heterocycles. The zero-order valence-corrected chi connectivity index (χ0v) is 16.2. The van der Waals surface area contributed by atoms with Crippen LogP contribution in [0.2, 0.25) is 0 Å². The summed E-state index contributed by atoms with van der Waals surface area (Å²) in [5.74, 6) is -0.326. The molecule has 0 radical (unpaired) electrons. The summed E-state index contributed by atoms with van der Waals surface area (Å²) in [4.78, 5) is 27.1. The van der Waals surface area contributed by atoms with E-state index in [-0.39, 0.29) is 30.4 Å². The minimum atomic E-state index is -0.294. The molecule has 7 heteroatoms. The first-order valence-corrected chi connectivity index (χ1v) is 9.35. The third-order valence-corrected chi connectivity index (χ3v) is 5.08. The predicted molar refractivity (Wildman–Crippen MR) is 99.7 cm³/mol. The number of nitrogens with zero attached hydrogens (tertiary/aromatic N) is 2. The predicted octanol–water partition coefficient (Wildman–Crippen LogP) is 2.28. The lowest BCUT2D eigenvalue weighted by Crippen LogP contribution is -2.46. The number of hydrogen-bond acceptors (Lipinski definition) is 5. The molecule has 0 fully saturated rings. The van der Waals surface area contributed by atoms with E-state index in [1.165, 1.54) is 16.2 Å². The van der Waals surface area contributed by atoms with Crippen LogP contribution in [0.3, 0.4) is 0 Å². The van der Waals surface area contributed by atoms with Gasteiger partial charge in [0.05, 0.1) is 18.7 Å². The van der Waals surface area contributed by atoms with E-state index in [2.05, 4.69) is 16.7 Å². The Hall–Kier alpha value is -1.91. The number of fused-ring (bicyclic) bond motifs is 1. The van der Waals surface area contributed by atoms with E-state index in [4.69, 9.17) is 0 Å². The lowest BCUT2D eigenvalue weighted by Gasteiger charge is -2.23. The van der Waals surface area contributed by atoms with Crippen LogP contribution in [0.25, 0.3) is 0 Å². The van der Waals surface area contributed by atoms with Crippen LogP contribution in [0.4, 0.5) is 5.00 Å². The Balaban J connectivity index is 1.93. The number of nitriles is 1. The summed E-state index contributed by atoms with van der Waals surface area (Å²) in [6.45, 7) is 6.00. The van der Waals surface area contributed by atoms with E-state index in [0.717, 1.165) is 31.2 Å². The molecule has 1 aromatic rings. The molecule has 0 unspecified atom stereocenters. The first-order chi connectivity index (χ1) is 11.7. The van der Waals surface area contributed by atoms with Crippen molar-refractivity contribution in [1.29, 1.82) is 5.26 Å². The number of nitrogens with one attached hydrogen (secondary N) is 2. The molecule has 0 atom stereocenters. The van der Waals surface area contributed by atoms with Crippen LogP contribution in [0.15, 0.2) is 0 Å². The van der Waals surface area contributed by atoms with Crippen molar-refractivity contribution < 1.29 is 9.59 Å². The molecule has 1 aromatic heterocycles. The van der Waals surface area contributed by atoms with Crippen LogP contribution in [0, 0.1) is 11.3 Å². The maximum Gasteiger partial charge on any atom is 0.239 e. The summed E-state index contributed by atoms with van der Waals surface area (Å²) in [6.07, 6.45) is 4.13. The number of thiophene rings is 1. The largest absolute Gasteiger partial charge is 0.350 e. The smallest absolute Gasteiger partial charge is 0.239 e. The molecule has 2 rings (SSSR count). The van der Waals surface area contributed by atoms with Crippen molar-refractivity contribution in [2.75, 3.05) is 25.5 Å². The summed E-state index contributed by atoms with van der Waals surface area (Å²) < 4.78 is 0. The maximum atomic E-state index is 12.3. The second-order valence-corrected chi connectivity index (χ2v) is 8.65. The molecule has 0 aromatic carbocycles. The summed E-state index contributed by atoms with van der Waals surface area (Å²) in [5.41, 5.74) is 1.42. The fourth-order valence-corrected chi connectivity index (χ4v) is 4.20. The molecule has 1 aliphatic rings. The number of rotatable bonds is 5. The van der Waals surface area contributed by atoms with E-state index < -0.39 is 0 Å². The van der Waals surface area contributed by atoms with Gasteiger partial charge in [-0.1, -0.05) is 0 Å². The summed E-state index contributed by atoms with van der Waals surface area (Å²) in [5, 5.41) is 15.8. The van der Waals surface area contributed by atoms with Crippen LogP contribution in [-0.2, 0) is 22.4 Å². The normalized spacial score (nSPS) is 13.9. The zero-order chi connectivity index (χ0) is 18.6. The Bertz CT molecular complexity index is 697. The van der Waals surface area contributed by atoms with Gasteiger partial charge in [0.1, 0.15) is 11.1 Å². The molecule has 0 aliphatic heterocycles. The first kappa shape index (κ1) is 19.4. The quantitative estimate of drug-likeness (QED) is 0.841. The van der Waals surface area contributed by atoms with Crippen LogP contribution >= 0.6 is 11.3 Å². The highest BCUT2D eigenvalue weighted by atomic mass is 32.1. The van der Waals surface area contributed by atoms with Gasteiger partial charge in [-0.15, -0.1) is 11.3 Å².